The lowest BCUT2D eigenvalue weighted by atomic mass is 9.91. The molecule has 0 bridgehead atoms. The summed E-state index contributed by atoms with van der Waals surface area (Å²) in [7, 11) is 0. The molecule has 1 saturated carbocycles. The highest BCUT2D eigenvalue weighted by atomic mass is 32.1. The van der Waals surface area contributed by atoms with Gasteiger partial charge in [0.1, 0.15) is 5.70 Å². The molecule has 0 radical (unpaired) electrons. The number of hydrogen-bond acceptors (Lipinski definition) is 4. The zero-order valence-corrected chi connectivity index (χ0v) is 20.8. The van der Waals surface area contributed by atoms with E-state index in [4.69, 9.17) is 0 Å². The van der Waals surface area contributed by atoms with E-state index in [1.165, 1.54) is 51.4 Å². The molecule has 3 heterocycles. The molecule has 2 fully saturated rings. The molecule has 1 saturated heterocycles. The van der Waals surface area contributed by atoms with Crippen molar-refractivity contribution in [2.75, 3.05) is 13.1 Å². The van der Waals surface area contributed by atoms with Crippen LogP contribution in [0.15, 0.2) is 23.2 Å². The minimum atomic E-state index is -0.0459. The molecule has 1 aromatic rings. The standard InChI is InChI=1S/C27H40N2O2S/c1-20-17-21(2)19-28(18-20)25-24(23-15-12-16-32-23)26(30)29(27(25)31)22-13-10-8-6-4-3-5-7-9-11-14-22/h12,15-16,20-22H,3-11,13-14,17-19H2,1-2H3. The van der Waals surface area contributed by atoms with Crippen LogP contribution in [-0.2, 0) is 9.59 Å². The second kappa shape index (κ2) is 11.0. The van der Waals surface area contributed by atoms with E-state index < -0.39 is 0 Å². The van der Waals surface area contributed by atoms with Crippen molar-refractivity contribution < 1.29 is 9.59 Å². The molecule has 1 aliphatic carbocycles. The lowest BCUT2D eigenvalue weighted by Gasteiger charge is -2.37. The van der Waals surface area contributed by atoms with Gasteiger partial charge in [0, 0.05) is 24.0 Å². The van der Waals surface area contributed by atoms with E-state index in [-0.39, 0.29) is 17.9 Å². The molecule has 176 valence electrons. The molecule has 4 nitrogen and oxygen atoms in total. The summed E-state index contributed by atoms with van der Waals surface area (Å²) < 4.78 is 0. The van der Waals surface area contributed by atoms with Crippen molar-refractivity contribution in [3.8, 4) is 0 Å². The van der Waals surface area contributed by atoms with Gasteiger partial charge in [-0.15, -0.1) is 11.3 Å². The summed E-state index contributed by atoms with van der Waals surface area (Å²) in [5.74, 6) is 0.996. The van der Waals surface area contributed by atoms with Crippen molar-refractivity contribution in [1.29, 1.82) is 0 Å². The SMILES string of the molecule is CC1CC(C)CN(C2=C(c3cccs3)C(=O)N(C3CCCCCCCCCCC3)C2=O)C1. The van der Waals surface area contributed by atoms with Crippen molar-refractivity contribution >= 4 is 28.7 Å². The number of likely N-dealkylation sites (tertiary alicyclic amines) is 1. The van der Waals surface area contributed by atoms with Crippen LogP contribution in [0.2, 0.25) is 0 Å². The van der Waals surface area contributed by atoms with Crippen molar-refractivity contribution in [1.82, 2.24) is 9.80 Å². The summed E-state index contributed by atoms with van der Waals surface area (Å²) in [6.45, 7) is 6.26. The maximum absolute atomic E-state index is 13.9. The van der Waals surface area contributed by atoms with Gasteiger partial charge in [-0.3, -0.25) is 14.5 Å². The largest absolute Gasteiger partial charge is 0.366 e. The molecule has 2 aliphatic heterocycles. The molecular formula is C27H40N2O2S. The van der Waals surface area contributed by atoms with Gasteiger partial charge in [-0.2, -0.15) is 0 Å². The molecule has 4 rings (SSSR count). The van der Waals surface area contributed by atoms with Crippen LogP contribution < -0.4 is 0 Å². The van der Waals surface area contributed by atoms with Gasteiger partial charge in [0.05, 0.1) is 5.57 Å². The van der Waals surface area contributed by atoms with E-state index in [2.05, 4.69) is 18.7 Å². The lowest BCUT2D eigenvalue weighted by molar-refractivity contribution is -0.140. The Labute approximate surface area is 198 Å². The van der Waals surface area contributed by atoms with Gasteiger partial charge in [0.25, 0.3) is 11.8 Å². The lowest BCUT2D eigenvalue weighted by Crippen LogP contribution is -2.45. The Hall–Kier alpha value is -1.62. The van der Waals surface area contributed by atoms with Crippen molar-refractivity contribution in [2.24, 2.45) is 11.8 Å². The Balaban J connectivity index is 1.61. The number of piperidine rings is 1. The van der Waals surface area contributed by atoms with Gasteiger partial charge < -0.3 is 4.90 Å². The zero-order chi connectivity index (χ0) is 22.5. The smallest absolute Gasteiger partial charge is 0.278 e. The van der Waals surface area contributed by atoms with E-state index in [1.54, 1.807) is 16.2 Å². The summed E-state index contributed by atoms with van der Waals surface area (Å²) >= 11 is 1.58. The van der Waals surface area contributed by atoms with Crippen LogP contribution in [0.25, 0.3) is 5.57 Å². The summed E-state index contributed by atoms with van der Waals surface area (Å²) in [6.07, 6.45) is 14.3. The van der Waals surface area contributed by atoms with E-state index >= 15 is 0 Å². The first-order valence-electron chi connectivity index (χ1n) is 13.0. The minimum absolute atomic E-state index is 0.0307. The van der Waals surface area contributed by atoms with Crippen LogP contribution >= 0.6 is 11.3 Å². The second-order valence-corrected chi connectivity index (χ2v) is 11.4. The predicted molar refractivity (Wildman–Crippen MR) is 132 cm³/mol. The number of amides is 2. The normalized spacial score (nSPS) is 27.6. The highest BCUT2D eigenvalue weighted by Crippen LogP contribution is 2.38. The summed E-state index contributed by atoms with van der Waals surface area (Å²) in [5, 5.41) is 2.01. The molecule has 0 spiro atoms. The molecule has 2 unspecified atom stereocenters. The maximum Gasteiger partial charge on any atom is 0.278 e. The monoisotopic (exact) mass is 456 g/mol. The zero-order valence-electron chi connectivity index (χ0n) is 20.0. The minimum Gasteiger partial charge on any atom is -0.366 e. The average molecular weight is 457 g/mol. The summed E-state index contributed by atoms with van der Waals surface area (Å²) in [5.41, 5.74) is 1.35. The highest BCUT2D eigenvalue weighted by molar-refractivity contribution is 7.11. The van der Waals surface area contributed by atoms with Crippen LogP contribution in [-0.4, -0.2) is 40.7 Å². The Bertz CT molecular complexity index is 794. The molecule has 3 aliphatic rings. The number of carbonyl (C=O) groups excluding carboxylic acids is 2. The van der Waals surface area contributed by atoms with Gasteiger partial charge in [-0.25, -0.2) is 0 Å². The van der Waals surface area contributed by atoms with Gasteiger partial charge in [-0.05, 0) is 42.5 Å². The molecule has 0 aromatic carbocycles. The fourth-order valence-corrected chi connectivity index (χ4v) is 6.81. The first kappa shape index (κ1) is 23.5. The topological polar surface area (TPSA) is 40.6 Å². The maximum atomic E-state index is 13.9. The molecule has 32 heavy (non-hydrogen) atoms. The van der Waals surface area contributed by atoms with Gasteiger partial charge in [0.2, 0.25) is 0 Å². The first-order valence-corrected chi connectivity index (χ1v) is 13.8. The van der Waals surface area contributed by atoms with Gasteiger partial charge in [-0.1, -0.05) is 77.7 Å². The third-order valence-corrected chi connectivity index (χ3v) is 8.37. The highest BCUT2D eigenvalue weighted by Gasteiger charge is 2.45. The number of imide groups is 1. The fraction of sp³-hybridized carbons (Fsp3) is 0.704. The Morgan fingerprint density at radius 1 is 0.812 bits per heavy atom. The van der Waals surface area contributed by atoms with E-state index in [1.807, 2.05) is 17.5 Å². The number of nitrogens with zero attached hydrogens (tertiary/aromatic N) is 2. The molecular weight excluding hydrogens is 416 g/mol. The third-order valence-electron chi connectivity index (χ3n) is 7.48. The Morgan fingerprint density at radius 2 is 1.38 bits per heavy atom. The molecule has 2 amide bonds. The van der Waals surface area contributed by atoms with E-state index in [9.17, 15) is 9.59 Å². The second-order valence-electron chi connectivity index (χ2n) is 10.4. The molecule has 0 N–H and O–H groups in total. The van der Waals surface area contributed by atoms with Crippen LogP contribution in [0, 0.1) is 11.8 Å². The third kappa shape index (κ3) is 5.30. The van der Waals surface area contributed by atoms with Crippen LogP contribution in [0.3, 0.4) is 0 Å². The van der Waals surface area contributed by atoms with Gasteiger partial charge in [0.15, 0.2) is 0 Å². The number of rotatable bonds is 3. The Kier molecular flexibility index (Phi) is 8.09. The van der Waals surface area contributed by atoms with Crippen LogP contribution in [0.1, 0.15) is 95.8 Å². The summed E-state index contributed by atoms with van der Waals surface area (Å²) in [4.78, 5) is 32.6. The molecule has 1 aromatic heterocycles. The number of carbonyl (C=O) groups is 2. The fourth-order valence-electron chi connectivity index (χ4n) is 6.05. The van der Waals surface area contributed by atoms with E-state index in [0.29, 0.717) is 23.1 Å². The molecule has 5 heteroatoms. The van der Waals surface area contributed by atoms with Crippen LogP contribution in [0.4, 0.5) is 0 Å². The van der Waals surface area contributed by atoms with E-state index in [0.717, 1.165) is 43.6 Å². The van der Waals surface area contributed by atoms with Crippen molar-refractivity contribution in [3.63, 3.8) is 0 Å². The van der Waals surface area contributed by atoms with Gasteiger partial charge >= 0.3 is 0 Å². The van der Waals surface area contributed by atoms with Crippen molar-refractivity contribution in [2.45, 2.75) is 96.9 Å². The van der Waals surface area contributed by atoms with Crippen molar-refractivity contribution in [3.05, 3.63) is 28.1 Å². The van der Waals surface area contributed by atoms with Crippen LogP contribution in [0.5, 0.6) is 0 Å². The predicted octanol–water partition coefficient (Wildman–Crippen LogP) is 6.48. The Morgan fingerprint density at radius 3 is 1.91 bits per heavy atom. The first-order chi connectivity index (χ1) is 15.6. The summed E-state index contributed by atoms with van der Waals surface area (Å²) in [6, 6.07) is 4.04. The average Bonchev–Trinajstić information content (AvgIpc) is 3.34. The number of thiophene rings is 1. The quantitative estimate of drug-likeness (QED) is 0.489. The number of hydrogen-bond donors (Lipinski definition) is 0. The molecule has 2 atom stereocenters.